The summed E-state index contributed by atoms with van der Waals surface area (Å²) in [6.07, 6.45) is 0. The average molecular weight is 250 g/mol. The van der Waals surface area contributed by atoms with Crippen LogP contribution in [0, 0.1) is 28.9 Å². The average Bonchev–Trinajstić information content (AvgIpc) is 2.30. The summed E-state index contributed by atoms with van der Waals surface area (Å²) < 4.78 is 0. The molecule has 0 heterocycles. The van der Waals surface area contributed by atoms with Gasteiger partial charge in [0.25, 0.3) is 5.69 Å². The Morgan fingerprint density at radius 1 is 1.33 bits per heavy atom. The molecule has 0 amide bonds. The van der Waals surface area contributed by atoms with Crippen molar-refractivity contribution in [3.63, 3.8) is 0 Å². The van der Waals surface area contributed by atoms with Crippen LogP contribution in [0.4, 0.5) is 5.69 Å². The summed E-state index contributed by atoms with van der Waals surface area (Å²) in [5.74, 6) is 1.24. The van der Waals surface area contributed by atoms with Crippen LogP contribution in [-0.4, -0.2) is 11.5 Å². The molecular weight excluding hydrogens is 228 g/mol. The molecule has 4 nitrogen and oxygen atoms in total. The van der Waals surface area contributed by atoms with Gasteiger partial charge in [-0.3, -0.25) is 10.1 Å². The molecule has 0 bridgehead atoms. The SMILES string of the molecule is Cc1c(CNCC(C)C(C)C)cccc1[N+](=O)[O-]. The number of nitrogens with one attached hydrogen (secondary N) is 1. The third-order valence-corrected chi connectivity index (χ3v) is 3.53. The maximum Gasteiger partial charge on any atom is 0.272 e. The second-order valence-corrected chi connectivity index (χ2v) is 5.17. The molecule has 0 aliphatic heterocycles. The van der Waals surface area contributed by atoms with Crippen LogP contribution in [0.1, 0.15) is 31.9 Å². The van der Waals surface area contributed by atoms with Crippen molar-refractivity contribution in [3.05, 3.63) is 39.4 Å². The molecule has 0 aliphatic carbocycles. The highest BCUT2D eigenvalue weighted by molar-refractivity contribution is 5.44. The van der Waals surface area contributed by atoms with E-state index in [9.17, 15) is 10.1 Å². The van der Waals surface area contributed by atoms with Gasteiger partial charge in [-0.15, -0.1) is 0 Å². The van der Waals surface area contributed by atoms with Crippen LogP contribution in [-0.2, 0) is 6.54 Å². The predicted molar refractivity (Wildman–Crippen MR) is 73.5 cm³/mol. The molecule has 100 valence electrons. The summed E-state index contributed by atoms with van der Waals surface area (Å²) in [6, 6.07) is 5.24. The van der Waals surface area contributed by atoms with Gasteiger partial charge >= 0.3 is 0 Å². The highest BCUT2D eigenvalue weighted by Gasteiger charge is 2.13. The molecule has 0 radical (unpaired) electrons. The van der Waals surface area contributed by atoms with Gasteiger partial charge in [0.2, 0.25) is 0 Å². The molecule has 18 heavy (non-hydrogen) atoms. The molecule has 0 spiro atoms. The Bertz CT molecular complexity index is 416. The third kappa shape index (κ3) is 3.81. The first-order valence-electron chi connectivity index (χ1n) is 6.37. The minimum Gasteiger partial charge on any atom is -0.312 e. The zero-order valence-electron chi connectivity index (χ0n) is 11.6. The summed E-state index contributed by atoms with van der Waals surface area (Å²) >= 11 is 0. The molecule has 0 fully saturated rings. The van der Waals surface area contributed by atoms with Gasteiger partial charge in [0.15, 0.2) is 0 Å². The van der Waals surface area contributed by atoms with Gasteiger partial charge in [0.1, 0.15) is 0 Å². The van der Waals surface area contributed by atoms with Crippen molar-refractivity contribution in [2.24, 2.45) is 11.8 Å². The van der Waals surface area contributed by atoms with Crippen LogP contribution in [0.5, 0.6) is 0 Å². The lowest BCUT2D eigenvalue weighted by Gasteiger charge is -2.16. The molecular formula is C14H22N2O2. The molecule has 0 aromatic heterocycles. The van der Waals surface area contributed by atoms with E-state index in [1.165, 1.54) is 0 Å². The van der Waals surface area contributed by atoms with E-state index < -0.39 is 0 Å². The van der Waals surface area contributed by atoms with E-state index in [0.29, 0.717) is 18.4 Å². The first-order chi connectivity index (χ1) is 8.43. The first-order valence-corrected chi connectivity index (χ1v) is 6.37. The predicted octanol–water partition coefficient (Wildman–Crippen LogP) is 3.28. The Balaban J connectivity index is 2.63. The number of nitro benzene ring substituents is 1. The van der Waals surface area contributed by atoms with Crippen LogP contribution in [0.25, 0.3) is 0 Å². The van der Waals surface area contributed by atoms with Crippen molar-refractivity contribution in [1.29, 1.82) is 0 Å². The van der Waals surface area contributed by atoms with Crippen molar-refractivity contribution in [1.82, 2.24) is 5.32 Å². The summed E-state index contributed by atoms with van der Waals surface area (Å²) in [6.45, 7) is 10.0. The van der Waals surface area contributed by atoms with Crippen molar-refractivity contribution in [2.45, 2.75) is 34.2 Å². The lowest BCUT2D eigenvalue weighted by Crippen LogP contribution is -2.24. The standard InChI is InChI=1S/C14H22N2O2/c1-10(2)11(3)8-15-9-13-6-5-7-14(12(13)4)16(17)18/h5-7,10-11,15H,8-9H2,1-4H3. The lowest BCUT2D eigenvalue weighted by molar-refractivity contribution is -0.385. The molecule has 1 atom stereocenters. The van der Waals surface area contributed by atoms with Crippen molar-refractivity contribution in [2.75, 3.05) is 6.54 Å². The highest BCUT2D eigenvalue weighted by atomic mass is 16.6. The molecule has 1 N–H and O–H groups in total. The van der Waals surface area contributed by atoms with E-state index in [4.69, 9.17) is 0 Å². The zero-order valence-corrected chi connectivity index (χ0v) is 11.6. The smallest absolute Gasteiger partial charge is 0.272 e. The molecule has 4 heteroatoms. The minimum absolute atomic E-state index is 0.200. The van der Waals surface area contributed by atoms with Crippen LogP contribution >= 0.6 is 0 Å². The fourth-order valence-corrected chi connectivity index (χ4v) is 1.73. The van der Waals surface area contributed by atoms with Gasteiger partial charge in [0, 0.05) is 18.2 Å². The summed E-state index contributed by atoms with van der Waals surface area (Å²) in [5.41, 5.74) is 1.96. The van der Waals surface area contributed by atoms with E-state index in [1.54, 1.807) is 19.1 Å². The van der Waals surface area contributed by atoms with E-state index in [-0.39, 0.29) is 10.6 Å². The molecule has 0 saturated heterocycles. The molecule has 1 rings (SSSR count). The fraction of sp³-hybridized carbons (Fsp3) is 0.571. The van der Waals surface area contributed by atoms with E-state index in [0.717, 1.165) is 17.7 Å². The van der Waals surface area contributed by atoms with Gasteiger partial charge in [-0.25, -0.2) is 0 Å². The fourth-order valence-electron chi connectivity index (χ4n) is 1.73. The summed E-state index contributed by atoms with van der Waals surface area (Å²) in [4.78, 5) is 10.5. The van der Waals surface area contributed by atoms with E-state index in [2.05, 4.69) is 26.1 Å². The maximum atomic E-state index is 10.8. The quantitative estimate of drug-likeness (QED) is 0.622. The van der Waals surface area contributed by atoms with Gasteiger partial charge in [0.05, 0.1) is 4.92 Å². The largest absolute Gasteiger partial charge is 0.312 e. The molecule has 0 saturated carbocycles. The zero-order chi connectivity index (χ0) is 13.7. The van der Waals surface area contributed by atoms with E-state index >= 15 is 0 Å². The Morgan fingerprint density at radius 3 is 2.56 bits per heavy atom. The number of nitrogens with zero attached hydrogens (tertiary/aromatic N) is 1. The van der Waals surface area contributed by atoms with Crippen molar-refractivity contribution in [3.8, 4) is 0 Å². The Morgan fingerprint density at radius 2 is 2.00 bits per heavy atom. The lowest BCUT2D eigenvalue weighted by atomic mass is 9.98. The summed E-state index contributed by atoms with van der Waals surface area (Å²) in [7, 11) is 0. The molecule has 0 aliphatic rings. The van der Waals surface area contributed by atoms with Crippen LogP contribution in [0.15, 0.2) is 18.2 Å². The van der Waals surface area contributed by atoms with Crippen molar-refractivity contribution >= 4 is 5.69 Å². The molecule has 1 aromatic carbocycles. The second kappa shape index (κ2) is 6.50. The third-order valence-electron chi connectivity index (χ3n) is 3.53. The summed E-state index contributed by atoms with van der Waals surface area (Å²) in [5, 5.41) is 14.2. The van der Waals surface area contributed by atoms with Crippen LogP contribution in [0.3, 0.4) is 0 Å². The van der Waals surface area contributed by atoms with Gasteiger partial charge in [-0.1, -0.05) is 32.9 Å². The second-order valence-electron chi connectivity index (χ2n) is 5.17. The van der Waals surface area contributed by atoms with E-state index in [1.807, 2.05) is 6.07 Å². The number of benzene rings is 1. The number of hydrogen-bond donors (Lipinski definition) is 1. The minimum atomic E-state index is -0.324. The van der Waals surface area contributed by atoms with Crippen LogP contribution < -0.4 is 5.32 Å². The van der Waals surface area contributed by atoms with Crippen molar-refractivity contribution < 1.29 is 4.92 Å². The Labute approximate surface area is 109 Å². The number of hydrogen-bond acceptors (Lipinski definition) is 3. The number of rotatable bonds is 6. The molecule has 1 aromatic rings. The monoisotopic (exact) mass is 250 g/mol. The van der Waals surface area contributed by atoms with Gasteiger partial charge < -0.3 is 5.32 Å². The normalized spacial score (nSPS) is 12.7. The Hall–Kier alpha value is -1.42. The first kappa shape index (κ1) is 14.6. The van der Waals surface area contributed by atoms with Gasteiger partial charge in [-0.2, -0.15) is 0 Å². The number of nitro groups is 1. The molecule has 1 unspecified atom stereocenters. The van der Waals surface area contributed by atoms with Gasteiger partial charge in [-0.05, 0) is 30.9 Å². The highest BCUT2D eigenvalue weighted by Crippen LogP contribution is 2.21. The Kier molecular flexibility index (Phi) is 5.28. The van der Waals surface area contributed by atoms with Crippen LogP contribution in [0.2, 0.25) is 0 Å². The topological polar surface area (TPSA) is 55.2 Å². The maximum absolute atomic E-state index is 10.8.